The van der Waals surface area contributed by atoms with E-state index in [-0.39, 0.29) is 6.04 Å². The SMILES string of the molecule is CCCNC(Cc1ccccc1)c1cc(C)ccc1OC. The van der Waals surface area contributed by atoms with Gasteiger partial charge in [-0.2, -0.15) is 0 Å². The molecule has 112 valence electrons. The molecule has 0 spiro atoms. The molecular formula is C19H25NO. The Bertz CT molecular complexity index is 551. The maximum atomic E-state index is 5.56. The van der Waals surface area contributed by atoms with Crippen LogP contribution < -0.4 is 10.1 Å². The summed E-state index contributed by atoms with van der Waals surface area (Å²) in [6, 6.07) is 17.3. The number of benzene rings is 2. The number of hydrogen-bond donors (Lipinski definition) is 1. The second-order valence-corrected chi connectivity index (χ2v) is 5.44. The van der Waals surface area contributed by atoms with E-state index in [4.69, 9.17) is 4.74 Å². The van der Waals surface area contributed by atoms with Crippen molar-refractivity contribution in [3.63, 3.8) is 0 Å². The number of rotatable bonds is 7. The van der Waals surface area contributed by atoms with Gasteiger partial charge in [0.05, 0.1) is 7.11 Å². The lowest BCUT2D eigenvalue weighted by molar-refractivity contribution is 0.398. The van der Waals surface area contributed by atoms with Gasteiger partial charge < -0.3 is 10.1 Å². The van der Waals surface area contributed by atoms with Gasteiger partial charge in [-0.1, -0.05) is 55.0 Å². The van der Waals surface area contributed by atoms with E-state index in [0.29, 0.717) is 0 Å². The molecule has 0 bridgehead atoms. The average Bonchev–Trinajstić information content (AvgIpc) is 2.52. The number of hydrogen-bond acceptors (Lipinski definition) is 2. The highest BCUT2D eigenvalue weighted by Gasteiger charge is 2.16. The summed E-state index contributed by atoms with van der Waals surface area (Å²) in [5, 5.41) is 3.66. The Balaban J connectivity index is 2.28. The van der Waals surface area contributed by atoms with Crippen LogP contribution in [-0.4, -0.2) is 13.7 Å². The fourth-order valence-corrected chi connectivity index (χ4v) is 2.59. The molecule has 1 unspecified atom stereocenters. The van der Waals surface area contributed by atoms with Crippen molar-refractivity contribution in [3.05, 3.63) is 65.2 Å². The maximum Gasteiger partial charge on any atom is 0.123 e. The first-order chi connectivity index (χ1) is 10.2. The van der Waals surface area contributed by atoms with Gasteiger partial charge in [0.1, 0.15) is 5.75 Å². The van der Waals surface area contributed by atoms with Crippen LogP contribution in [-0.2, 0) is 6.42 Å². The molecule has 2 heteroatoms. The van der Waals surface area contributed by atoms with E-state index in [1.54, 1.807) is 7.11 Å². The summed E-state index contributed by atoms with van der Waals surface area (Å²) in [6.07, 6.45) is 2.10. The minimum absolute atomic E-state index is 0.280. The molecule has 0 aliphatic rings. The van der Waals surface area contributed by atoms with Crippen molar-refractivity contribution < 1.29 is 4.74 Å². The predicted octanol–water partition coefficient (Wildman–Crippen LogP) is 4.29. The highest BCUT2D eigenvalue weighted by atomic mass is 16.5. The summed E-state index contributed by atoms with van der Waals surface area (Å²) < 4.78 is 5.56. The van der Waals surface area contributed by atoms with Gasteiger partial charge in [-0.25, -0.2) is 0 Å². The zero-order valence-electron chi connectivity index (χ0n) is 13.2. The molecule has 2 nitrogen and oxygen atoms in total. The number of ether oxygens (including phenoxy) is 1. The van der Waals surface area contributed by atoms with E-state index in [0.717, 1.165) is 25.1 Å². The monoisotopic (exact) mass is 283 g/mol. The zero-order valence-corrected chi connectivity index (χ0v) is 13.2. The van der Waals surface area contributed by atoms with Crippen molar-refractivity contribution in [2.75, 3.05) is 13.7 Å². The summed E-state index contributed by atoms with van der Waals surface area (Å²) >= 11 is 0. The number of nitrogens with one attached hydrogen (secondary N) is 1. The third kappa shape index (κ3) is 4.33. The Morgan fingerprint density at radius 2 is 1.86 bits per heavy atom. The second kappa shape index (κ2) is 7.84. The van der Waals surface area contributed by atoms with Crippen molar-refractivity contribution in [2.24, 2.45) is 0 Å². The molecule has 0 saturated carbocycles. The first-order valence-corrected chi connectivity index (χ1v) is 7.66. The molecule has 1 N–H and O–H groups in total. The molecule has 0 aliphatic carbocycles. The molecule has 0 amide bonds. The molecule has 0 saturated heterocycles. The lowest BCUT2D eigenvalue weighted by Crippen LogP contribution is -2.24. The number of aryl methyl sites for hydroxylation is 1. The van der Waals surface area contributed by atoms with Crippen LogP contribution in [0.1, 0.15) is 36.1 Å². The lowest BCUT2D eigenvalue weighted by Gasteiger charge is -2.22. The summed E-state index contributed by atoms with van der Waals surface area (Å²) in [5.41, 5.74) is 3.85. The quantitative estimate of drug-likeness (QED) is 0.818. The summed E-state index contributed by atoms with van der Waals surface area (Å²) in [6.45, 7) is 5.33. The largest absolute Gasteiger partial charge is 0.496 e. The fraction of sp³-hybridized carbons (Fsp3) is 0.368. The predicted molar refractivity (Wildman–Crippen MR) is 88.9 cm³/mol. The van der Waals surface area contributed by atoms with E-state index in [1.807, 2.05) is 0 Å². The Morgan fingerprint density at radius 3 is 2.52 bits per heavy atom. The first-order valence-electron chi connectivity index (χ1n) is 7.66. The van der Waals surface area contributed by atoms with Gasteiger partial charge in [0.2, 0.25) is 0 Å². The molecule has 0 aromatic heterocycles. The molecule has 2 rings (SSSR count). The van der Waals surface area contributed by atoms with Crippen molar-refractivity contribution in [2.45, 2.75) is 32.7 Å². The van der Waals surface area contributed by atoms with Crippen LogP contribution in [0.5, 0.6) is 5.75 Å². The molecule has 21 heavy (non-hydrogen) atoms. The van der Waals surface area contributed by atoms with Gasteiger partial charge in [-0.05, 0) is 37.9 Å². The fourth-order valence-electron chi connectivity index (χ4n) is 2.59. The van der Waals surface area contributed by atoms with Gasteiger partial charge in [0.25, 0.3) is 0 Å². The lowest BCUT2D eigenvalue weighted by atomic mass is 9.96. The van der Waals surface area contributed by atoms with Gasteiger partial charge >= 0.3 is 0 Å². The van der Waals surface area contributed by atoms with Crippen LogP contribution >= 0.6 is 0 Å². The van der Waals surface area contributed by atoms with Crippen molar-refractivity contribution in [1.29, 1.82) is 0 Å². The van der Waals surface area contributed by atoms with E-state index >= 15 is 0 Å². The van der Waals surface area contributed by atoms with E-state index in [1.165, 1.54) is 16.7 Å². The molecular weight excluding hydrogens is 258 g/mol. The Kier molecular flexibility index (Phi) is 5.82. The summed E-state index contributed by atoms with van der Waals surface area (Å²) in [7, 11) is 1.74. The van der Waals surface area contributed by atoms with Crippen LogP contribution in [0.4, 0.5) is 0 Å². The third-order valence-corrected chi connectivity index (χ3v) is 3.68. The maximum absolute atomic E-state index is 5.56. The van der Waals surface area contributed by atoms with Gasteiger partial charge in [-0.3, -0.25) is 0 Å². The molecule has 1 atom stereocenters. The highest BCUT2D eigenvalue weighted by Crippen LogP contribution is 2.28. The Labute approximate surface area is 128 Å². The Hall–Kier alpha value is -1.80. The first kappa shape index (κ1) is 15.6. The van der Waals surface area contributed by atoms with Crippen LogP contribution in [0.25, 0.3) is 0 Å². The van der Waals surface area contributed by atoms with E-state index in [9.17, 15) is 0 Å². The summed E-state index contributed by atoms with van der Waals surface area (Å²) in [5.74, 6) is 0.963. The zero-order chi connectivity index (χ0) is 15.1. The average molecular weight is 283 g/mol. The smallest absolute Gasteiger partial charge is 0.123 e. The third-order valence-electron chi connectivity index (χ3n) is 3.68. The molecule has 2 aromatic carbocycles. The van der Waals surface area contributed by atoms with E-state index in [2.05, 4.69) is 67.7 Å². The minimum atomic E-state index is 0.280. The molecule has 0 heterocycles. The second-order valence-electron chi connectivity index (χ2n) is 5.44. The van der Waals surface area contributed by atoms with E-state index < -0.39 is 0 Å². The molecule has 0 fully saturated rings. The normalized spacial score (nSPS) is 12.1. The molecule has 0 radical (unpaired) electrons. The molecule has 0 aliphatic heterocycles. The van der Waals surface area contributed by atoms with Crippen molar-refractivity contribution >= 4 is 0 Å². The van der Waals surface area contributed by atoms with Crippen LogP contribution in [0, 0.1) is 6.92 Å². The van der Waals surface area contributed by atoms with Gasteiger partial charge in [0, 0.05) is 11.6 Å². The van der Waals surface area contributed by atoms with Crippen molar-refractivity contribution in [1.82, 2.24) is 5.32 Å². The summed E-state index contributed by atoms with van der Waals surface area (Å²) in [4.78, 5) is 0. The highest BCUT2D eigenvalue weighted by molar-refractivity contribution is 5.40. The van der Waals surface area contributed by atoms with Gasteiger partial charge in [0.15, 0.2) is 0 Å². The molecule has 2 aromatic rings. The van der Waals surface area contributed by atoms with Crippen LogP contribution in [0.3, 0.4) is 0 Å². The number of methoxy groups -OCH3 is 1. The van der Waals surface area contributed by atoms with Gasteiger partial charge in [-0.15, -0.1) is 0 Å². The minimum Gasteiger partial charge on any atom is -0.496 e. The topological polar surface area (TPSA) is 21.3 Å². The Morgan fingerprint density at radius 1 is 1.10 bits per heavy atom. The van der Waals surface area contributed by atoms with Crippen LogP contribution in [0.15, 0.2) is 48.5 Å². The van der Waals surface area contributed by atoms with Crippen LogP contribution in [0.2, 0.25) is 0 Å². The van der Waals surface area contributed by atoms with Crippen molar-refractivity contribution in [3.8, 4) is 5.75 Å². The standard InChI is InChI=1S/C19H25NO/c1-4-12-20-18(14-16-8-6-5-7-9-16)17-13-15(2)10-11-19(17)21-3/h5-11,13,18,20H,4,12,14H2,1-3H3.